The molecule has 102 valence electrons. The van der Waals surface area contributed by atoms with Crippen LogP contribution >= 0.6 is 0 Å². The van der Waals surface area contributed by atoms with E-state index in [1.807, 2.05) is 45.9 Å². The van der Waals surface area contributed by atoms with Gasteiger partial charge in [0.25, 0.3) is 0 Å². The van der Waals surface area contributed by atoms with Gasteiger partial charge in [0, 0.05) is 5.56 Å². The topological polar surface area (TPSA) is 49.7 Å². The van der Waals surface area contributed by atoms with Crippen molar-refractivity contribution >= 4 is 0 Å². The summed E-state index contributed by atoms with van der Waals surface area (Å²) in [5.41, 5.74) is 1.61. The molecule has 0 spiro atoms. The van der Waals surface area contributed by atoms with Crippen LogP contribution in [0.2, 0.25) is 0 Å². The monoisotopic (exact) mass is 252 g/mol. The molecule has 0 radical (unpaired) electrons. The third-order valence-corrected chi connectivity index (χ3v) is 3.02. The van der Waals surface area contributed by atoms with Crippen molar-refractivity contribution in [1.29, 1.82) is 0 Å². The molecule has 0 saturated carbocycles. The molecule has 0 aromatic heterocycles. The second-order valence-corrected chi connectivity index (χ2v) is 5.91. The predicted octanol–water partition coefficient (Wildman–Crippen LogP) is 2.83. The molecule has 1 aromatic carbocycles. The lowest BCUT2D eigenvalue weighted by molar-refractivity contribution is 0.0208. The van der Waals surface area contributed by atoms with Crippen molar-refractivity contribution in [2.45, 2.75) is 46.8 Å². The highest BCUT2D eigenvalue weighted by atomic mass is 16.5. The molecule has 18 heavy (non-hydrogen) atoms. The van der Waals surface area contributed by atoms with E-state index in [9.17, 15) is 10.2 Å². The largest absolute Gasteiger partial charge is 0.490 e. The van der Waals surface area contributed by atoms with Crippen LogP contribution in [0, 0.1) is 12.3 Å². The fourth-order valence-corrected chi connectivity index (χ4v) is 1.53. The molecule has 0 aliphatic heterocycles. The normalized spacial score (nSPS) is 15.3. The number of benzene rings is 1. The van der Waals surface area contributed by atoms with Gasteiger partial charge < -0.3 is 14.9 Å². The molecule has 1 aromatic rings. The lowest BCUT2D eigenvalue weighted by Gasteiger charge is -2.26. The van der Waals surface area contributed by atoms with Gasteiger partial charge in [0.1, 0.15) is 12.4 Å². The maximum absolute atomic E-state index is 9.96. The molecule has 0 heterocycles. The van der Waals surface area contributed by atoms with Crippen molar-refractivity contribution in [2.24, 2.45) is 5.41 Å². The number of aliphatic hydroxyl groups excluding tert-OH is 2. The molecule has 2 N–H and O–H groups in total. The minimum absolute atomic E-state index is 0.213. The Morgan fingerprint density at radius 2 is 1.83 bits per heavy atom. The summed E-state index contributed by atoms with van der Waals surface area (Å²) in [6.07, 6.45) is -1.12. The van der Waals surface area contributed by atoms with Crippen LogP contribution in [0.1, 0.15) is 44.9 Å². The van der Waals surface area contributed by atoms with E-state index < -0.39 is 12.2 Å². The molecular weight excluding hydrogens is 228 g/mol. The summed E-state index contributed by atoms with van der Waals surface area (Å²) < 4.78 is 5.66. The van der Waals surface area contributed by atoms with E-state index in [1.165, 1.54) is 0 Å². The highest BCUT2D eigenvalue weighted by Crippen LogP contribution is 2.27. The van der Waals surface area contributed by atoms with E-state index in [4.69, 9.17) is 4.74 Å². The molecule has 0 fully saturated rings. The van der Waals surface area contributed by atoms with Crippen LogP contribution in [-0.2, 0) is 0 Å². The van der Waals surface area contributed by atoms with E-state index in [2.05, 4.69) is 0 Å². The smallest absolute Gasteiger partial charge is 0.125 e. The highest BCUT2D eigenvalue weighted by molar-refractivity contribution is 5.38. The van der Waals surface area contributed by atoms with Gasteiger partial charge in [-0.1, -0.05) is 32.9 Å². The van der Waals surface area contributed by atoms with Gasteiger partial charge in [-0.25, -0.2) is 0 Å². The minimum Gasteiger partial charge on any atom is -0.490 e. The fraction of sp³-hybridized carbons (Fsp3) is 0.600. The minimum atomic E-state index is -0.577. The number of aryl methyl sites for hydroxylation is 1. The van der Waals surface area contributed by atoms with Crippen LogP contribution in [0.25, 0.3) is 0 Å². The third kappa shape index (κ3) is 4.00. The average molecular weight is 252 g/mol. The van der Waals surface area contributed by atoms with E-state index in [-0.39, 0.29) is 12.0 Å². The maximum Gasteiger partial charge on any atom is 0.125 e. The summed E-state index contributed by atoms with van der Waals surface area (Å²) in [7, 11) is 0. The molecule has 3 heteroatoms. The summed E-state index contributed by atoms with van der Waals surface area (Å²) in [6, 6.07) is 5.69. The molecule has 3 nitrogen and oxygen atoms in total. The molecule has 0 saturated heterocycles. The Morgan fingerprint density at radius 3 is 2.33 bits per heavy atom. The van der Waals surface area contributed by atoms with Crippen molar-refractivity contribution in [3.8, 4) is 5.75 Å². The lowest BCUT2D eigenvalue weighted by atomic mass is 9.90. The molecule has 0 bridgehead atoms. The van der Waals surface area contributed by atoms with Crippen molar-refractivity contribution in [3.63, 3.8) is 0 Å². The van der Waals surface area contributed by atoms with Gasteiger partial charge >= 0.3 is 0 Å². The van der Waals surface area contributed by atoms with Crippen molar-refractivity contribution in [2.75, 3.05) is 6.61 Å². The van der Waals surface area contributed by atoms with Crippen LogP contribution in [0.3, 0.4) is 0 Å². The average Bonchev–Trinajstić information content (AvgIpc) is 2.24. The number of hydrogen-bond acceptors (Lipinski definition) is 3. The first-order valence-electron chi connectivity index (χ1n) is 6.31. The van der Waals surface area contributed by atoms with Gasteiger partial charge in [-0.3, -0.25) is 0 Å². The predicted molar refractivity (Wildman–Crippen MR) is 72.8 cm³/mol. The Hall–Kier alpha value is -1.06. The maximum atomic E-state index is 9.96. The lowest BCUT2D eigenvalue weighted by Crippen LogP contribution is -2.32. The van der Waals surface area contributed by atoms with E-state index in [1.54, 1.807) is 6.92 Å². The molecule has 2 atom stereocenters. The standard InChI is InChI=1S/C15H24O3/c1-10-6-7-12(11(2)16)13(8-10)18-9-14(17)15(3,4)5/h6-8,11,14,16-17H,9H2,1-5H3/t11-,14?/m1/s1. The van der Waals surface area contributed by atoms with Gasteiger partial charge in [-0.05, 0) is 30.9 Å². The van der Waals surface area contributed by atoms with Crippen LogP contribution in [0.5, 0.6) is 5.75 Å². The fourth-order valence-electron chi connectivity index (χ4n) is 1.53. The summed E-state index contributed by atoms with van der Waals surface area (Å²) >= 11 is 0. The van der Waals surface area contributed by atoms with Crippen LogP contribution in [0.4, 0.5) is 0 Å². The van der Waals surface area contributed by atoms with Gasteiger partial charge in [0.2, 0.25) is 0 Å². The first-order valence-corrected chi connectivity index (χ1v) is 6.31. The van der Waals surface area contributed by atoms with Gasteiger partial charge in [-0.15, -0.1) is 0 Å². The Kier molecular flexibility index (Phi) is 4.77. The molecule has 0 aliphatic carbocycles. The Labute approximate surface area is 109 Å². The van der Waals surface area contributed by atoms with Gasteiger partial charge in [0.05, 0.1) is 12.2 Å². The Morgan fingerprint density at radius 1 is 1.22 bits per heavy atom. The third-order valence-electron chi connectivity index (χ3n) is 3.02. The highest BCUT2D eigenvalue weighted by Gasteiger charge is 2.23. The SMILES string of the molecule is Cc1ccc([C@@H](C)O)c(OCC(O)C(C)(C)C)c1. The van der Waals surface area contributed by atoms with Gasteiger partial charge in [-0.2, -0.15) is 0 Å². The number of ether oxygens (including phenoxy) is 1. The zero-order chi connectivity index (χ0) is 13.9. The van der Waals surface area contributed by atoms with Crippen molar-refractivity contribution < 1.29 is 14.9 Å². The van der Waals surface area contributed by atoms with E-state index >= 15 is 0 Å². The Bertz CT molecular complexity index is 391. The molecule has 1 unspecified atom stereocenters. The molecule has 0 amide bonds. The van der Waals surface area contributed by atoms with Crippen LogP contribution in [0.15, 0.2) is 18.2 Å². The zero-order valence-corrected chi connectivity index (χ0v) is 11.9. The summed E-state index contributed by atoms with van der Waals surface area (Å²) in [5, 5.41) is 19.6. The summed E-state index contributed by atoms with van der Waals surface area (Å²) in [6.45, 7) is 9.80. The van der Waals surface area contributed by atoms with E-state index in [0.29, 0.717) is 5.75 Å². The first-order chi connectivity index (χ1) is 8.21. The second kappa shape index (κ2) is 5.72. The first kappa shape index (κ1) is 15.0. The number of rotatable bonds is 4. The zero-order valence-electron chi connectivity index (χ0n) is 11.9. The molecule has 1 rings (SSSR count). The van der Waals surface area contributed by atoms with Crippen LogP contribution < -0.4 is 4.74 Å². The van der Waals surface area contributed by atoms with Crippen molar-refractivity contribution in [3.05, 3.63) is 29.3 Å². The number of aliphatic hydroxyl groups is 2. The van der Waals surface area contributed by atoms with Gasteiger partial charge in [0.15, 0.2) is 0 Å². The molecule has 0 aliphatic rings. The summed E-state index contributed by atoms with van der Waals surface area (Å²) in [4.78, 5) is 0. The number of hydrogen-bond donors (Lipinski definition) is 2. The summed E-state index contributed by atoms with van der Waals surface area (Å²) in [5.74, 6) is 0.647. The van der Waals surface area contributed by atoms with E-state index in [0.717, 1.165) is 11.1 Å². The Balaban J connectivity index is 2.81. The molecular formula is C15H24O3. The second-order valence-electron chi connectivity index (χ2n) is 5.91. The van der Waals surface area contributed by atoms with Crippen LogP contribution in [-0.4, -0.2) is 22.9 Å². The quantitative estimate of drug-likeness (QED) is 0.866. The van der Waals surface area contributed by atoms with Crippen molar-refractivity contribution in [1.82, 2.24) is 0 Å².